The van der Waals surface area contributed by atoms with Gasteiger partial charge in [-0.1, -0.05) is 12.1 Å². The van der Waals surface area contributed by atoms with E-state index in [1.807, 2.05) is 25.3 Å². The molecule has 19 heavy (non-hydrogen) atoms. The Labute approximate surface area is 117 Å². The molecule has 1 heterocycles. The molecule has 0 fully saturated rings. The van der Waals surface area contributed by atoms with Crippen molar-refractivity contribution in [2.75, 3.05) is 11.6 Å². The van der Waals surface area contributed by atoms with E-state index in [2.05, 4.69) is 10.3 Å². The minimum atomic E-state index is -3.24. The largest absolute Gasteiger partial charge is 0.376 e. The van der Waals surface area contributed by atoms with Crippen molar-refractivity contribution in [2.45, 2.75) is 24.8 Å². The van der Waals surface area contributed by atoms with E-state index in [9.17, 15) is 8.42 Å². The van der Waals surface area contributed by atoms with Gasteiger partial charge in [-0.3, -0.25) is 0 Å². The summed E-state index contributed by atoms with van der Waals surface area (Å²) < 4.78 is 23.4. The molecule has 0 radical (unpaired) electrons. The van der Waals surface area contributed by atoms with Crippen LogP contribution >= 0.6 is 11.3 Å². The smallest absolute Gasteiger partial charge is 0.177 e. The minimum absolute atomic E-state index is 0.0344. The van der Waals surface area contributed by atoms with E-state index in [1.54, 1.807) is 29.5 Å². The second kappa shape index (κ2) is 5.30. The van der Waals surface area contributed by atoms with Crippen LogP contribution in [0.2, 0.25) is 0 Å². The summed E-state index contributed by atoms with van der Waals surface area (Å²) in [4.78, 5) is 4.72. The molecule has 1 unspecified atom stereocenters. The van der Waals surface area contributed by atoms with Gasteiger partial charge in [0.05, 0.1) is 27.3 Å². The lowest BCUT2D eigenvalue weighted by Gasteiger charge is -2.15. The number of hydrogen-bond acceptors (Lipinski definition) is 5. The molecule has 0 saturated carbocycles. The maximum Gasteiger partial charge on any atom is 0.177 e. The Balaban J connectivity index is 2.29. The first-order chi connectivity index (χ1) is 8.88. The van der Waals surface area contributed by atoms with Crippen LogP contribution < -0.4 is 5.32 Å². The topological polar surface area (TPSA) is 59.1 Å². The molecule has 1 N–H and O–H groups in total. The average molecular weight is 296 g/mol. The molecular weight excluding hydrogens is 280 g/mol. The molecule has 0 spiro atoms. The zero-order valence-corrected chi connectivity index (χ0v) is 12.7. The van der Waals surface area contributed by atoms with E-state index in [-0.39, 0.29) is 6.04 Å². The standard InChI is InChI=1S/C13H16N2O2S2/c1-9(12-8-18-10(2)15-12)14-11-6-4-5-7-13(11)19(3,16)17/h4-9,14H,1-3H3. The van der Waals surface area contributed by atoms with Gasteiger partial charge < -0.3 is 5.32 Å². The average Bonchev–Trinajstić information content (AvgIpc) is 2.75. The molecule has 0 saturated heterocycles. The molecule has 0 aliphatic heterocycles. The van der Waals surface area contributed by atoms with Gasteiger partial charge in [0.25, 0.3) is 0 Å². The lowest BCUT2D eigenvalue weighted by atomic mass is 10.2. The van der Waals surface area contributed by atoms with Crippen LogP contribution in [0.5, 0.6) is 0 Å². The van der Waals surface area contributed by atoms with Crippen LogP contribution in [0.1, 0.15) is 23.7 Å². The summed E-state index contributed by atoms with van der Waals surface area (Å²) in [6.07, 6.45) is 1.21. The fraction of sp³-hybridized carbons (Fsp3) is 0.308. The van der Waals surface area contributed by atoms with Crippen molar-refractivity contribution in [3.05, 3.63) is 40.3 Å². The SMILES string of the molecule is Cc1nc(C(C)Nc2ccccc2S(C)(=O)=O)cs1. The van der Waals surface area contributed by atoms with Crippen molar-refractivity contribution in [2.24, 2.45) is 0 Å². The number of rotatable bonds is 4. The maximum atomic E-state index is 11.7. The molecule has 4 nitrogen and oxygen atoms in total. The molecule has 1 atom stereocenters. The third-order valence-electron chi connectivity index (χ3n) is 2.74. The van der Waals surface area contributed by atoms with Crippen molar-refractivity contribution >= 4 is 26.9 Å². The summed E-state index contributed by atoms with van der Waals surface area (Å²) >= 11 is 1.58. The van der Waals surface area contributed by atoms with Gasteiger partial charge in [0, 0.05) is 11.6 Å². The van der Waals surface area contributed by atoms with E-state index in [0.29, 0.717) is 10.6 Å². The van der Waals surface area contributed by atoms with Gasteiger partial charge in [0.15, 0.2) is 9.84 Å². The fourth-order valence-electron chi connectivity index (χ4n) is 1.80. The molecule has 2 rings (SSSR count). The molecule has 2 aromatic rings. The van der Waals surface area contributed by atoms with Gasteiger partial charge in [-0.25, -0.2) is 13.4 Å². The highest BCUT2D eigenvalue weighted by atomic mass is 32.2. The number of anilines is 1. The number of para-hydroxylation sites is 1. The fourth-order valence-corrected chi connectivity index (χ4v) is 3.35. The summed E-state index contributed by atoms with van der Waals surface area (Å²) in [6.45, 7) is 3.92. The highest BCUT2D eigenvalue weighted by Crippen LogP contribution is 2.26. The van der Waals surface area contributed by atoms with Crippen molar-refractivity contribution < 1.29 is 8.42 Å². The van der Waals surface area contributed by atoms with Crippen LogP contribution in [-0.4, -0.2) is 19.7 Å². The number of aromatic nitrogens is 1. The van der Waals surface area contributed by atoms with Crippen molar-refractivity contribution in [1.29, 1.82) is 0 Å². The Morgan fingerprint density at radius 1 is 1.32 bits per heavy atom. The normalized spacial score (nSPS) is 13.2. The van der Waals surface area contributed by atoms with Crippen LogP contribution in [0.25, 0.3) is 0 Å². The second-order valence-corrected chi connectivity index (χ2v) is 7.47. The zero-order chi connectivity index (χ0) is 14.0. The summed E-state index contributed by atoms with van der Waals surface area (Å²) in [5, 5.41) is 6.19. The van der Waals surface area contributed by atoms with Crippen LogP contribution in [0.3, 0.4) is 0 Å². The third kappa shape index (κ3) is 3.33. The zero-order valence-electron chi connectivity index (χ0n) is 11.0. The third-order valence-corrected chi connectivity index (χ3v) is 4.69. The Morgan fingerprint density at radius 2 is 2.00 bits per heavy atom. The van der Waals surface area contributed by atoms with Gasteiger partial charge in [0.1, 0.15) is 0 Å². The van der Waals surface area contributed by atoms with E-state index in [4.69, 9.17) is 0 Å². The summed E-state index contributed by atoms with van der Waals surface area (Å²) in [7, 11) is -3.24. The lowest BCUT2D eigenvalue weighted by Crippen LogP contribution is -2.10. The number of nitrogens with one attached hydrogen (secondary N) is 1. The van der Waals surface area contributed by atoms with E-state index >= 15 is 0 Å². The molecule has 0 amide bonds. The number of sulfone groups is 1. The van der Waals surface area contributed by atoms with Gasteiger partial charge >= 0.3 is 0 Å². The maximum absolute atomic E-state index is 11.7. The molecule has 6 heteroatoms. The number of aryl methyl sites for hydroxylation is 1. The Morgan fingerprint density at radius 3 is 2.58 bits per heavy atom. The Kier molecular flexibility index (Phi) is 3.91. The Hall–Kier alpha value is -1.40. The minimum Gasteiger partial charge on any atom is -0.376 e. The predicted octanol–water partition coefficient (Wildman–Crippen LogP) is 3.03. The first kappa shape index (κ1) is 14.0. The summed E-state index contributed by atoms with van der Waals surface area (Å²) in [5.41, 5.74) is 1.54. The molecule has 102 valence electrons. The van der Waals surface area contributed by atoms with Crippen molar-refractivity contribution in [3.8, 4) is 0 Å². The van der Waals surface area contributed by atoms with Crippen molar-refractivity contribution in [1.82, 2.24) is 4.98 Å². The summed E-state index contributed by atoms with van der Waals surface area (Å²) in [5.74, 6) is 0. The van der Waals surface area contributed by atoms with Crippen LogP contribution in [0, 0.1) is 6.92 Å². The highest BCUT2D eigenvalue weighted by Gasteiger charge is 2.15. The second-order valence-electron chi connectivity index (χ2n) is 4.43. The molecule has 0 aliphatic carbocycles. The van der Waals surface area contributed by atoms with Gasteiger partial charge in [-0.2, -0.15) is 0 Å². The van der Waals surface area contributed by atoms with Crippen LogP contribution in [0.4, 0.5) is 5.69 Å². The predicted molar refractivity (Wildman–Crippen MR) is 78.4 cm³/mol. The highest BCUT2D eigenvalue weighted by molar-refractivity contribution is 7.90. The Bertz CT molecular complexity index is 677. The number of thiazole rings is 1. The number of nitrogens with zero attached hydrogens (tertiary/aromatic N) is 1. The van der Waals surface area contributed by atoms with Gasteiger partial charge in [-0.15, -0.1) is 11.3 Å². The molecule has 0 aliphatic rings. The first-order valence-electron chi connectivity index (χ1n) is 5.85. The molecular formula is C13H16N2O2S2. The number of benzene rings is 1. The van der Waals surface area contributed by atoms with Crippen LogP contribution in [0.15, 0.2) is 34.5 Å². The lowest BCUT2D eigenvalue weighted by molar-refractivity contribution is 0.602. The van der Waals surface area contributed by atoms with E-state index < -0.39 is 9.84 Å². The van der Waals surface area contributed by atoms with E-state index in [1.165, 1.54) is 6.26 Å². The van der Waals surface area contributed by atoms with E-state index in [0.717, 1.165) is 10.7 Å². The summed E-state index contributed by atoms with van der Waals surface area (Å²) in [6, 6.07) is 6.88. The van der Waals surface area contributed by atoms with Crippen LogP contribution in [-0.2, 0) is 9.84 Å². The monoisotopic (exact) mass is 296 g/mol. The molecule has 1 aromatic carbocycles. The van der Waals surface area contributed by atoms with Gasteiger partial charge in [0.2, 0.25) is 0 Å². The quantitative estimate of drug-likeness (QED) is 0.942. The first-order valence-corrected chi connectivity index (χ1v) is 8.62. The molecule has 1 aromatic heterocycles. The van der Waals surface area contributed by atoms with Crippen molar-refractivity contribution in [3.63, 3.8) is 0 Å². The van der Waals surface area contributed by atoms with Gasteiger partial charge in [-0.05, 0) is 26.0 Å². The molecule has 0 bridgehead atoms. The number of hydrogen-bond donors (Lipinski definition) is 1.